The summed E-state index contributed by atoms with van der Waals surface area (Å²) >= 11 is 0. The number of amides is 1. The van der Waals surface area contributed by atoms with Crippen LogP contribution in [0.3, 0.4) is 0 Å². The van der Waals surface area contributed by atoms with E-state index in [0.29, 0.717) is 0 Å². The third-order valence-corrected chi connectivity index (χ3v) is 4.04. The number of benzene rings is 1. The van der Waals surface area contributed by atoms with Gasteiger partial charge in [0.15, 0.2) is 0 Å². The Balaban J connectivity index is 1.70. The molecule has 0 atom stereocenters. The second-order valence-corrected chi connectivity index (χ2v) is 5.15. The summed E-state index contributed by atoms with van der Waals surface area (Å²) in [6.45, 7) is 7.60. The molecule has 0 aromatic heterocycles. The van der Waals surface area contributed by atoms with Gasteiger partial charge in [-0.3, -0.25) is 4.79 Å². The fourth-order valence-corrected chi connectivity index (χ4v) is 2.77. The number of ether oxygens (including phenoxy) is 1. The Morgan fingerprint density at radius 1 is 1.26 bits per heavy atom. The third-order valence-electron chi connectivity index (χ3n) is 4.04. The molecule has 0 bridgehead atoms. The first-order chi connectivity index (χ1) is 9.28. The van der Waals surface area contributed by atoms with Gasteiger partial charge < -0.3 is 14.5 Å². The topological polar surface area (TPSA) is 32.8 Å². The highest BCUT2D eigenvalue weighted by molar-refractivity contribution is 5.94. The monoisotopic (exact) mass is 260 g/mol. The summed E-state index contributed by atoms with van der Waals surface area (Å²) < 4.78 is 5.48. The van der Waals surface area contributed by atoms with Crippen LogP contribution in [0.25, 0.3) is 0 Å². The van der Waals surface area contributed by atoms with E-state index in [1.807, 2.05) is 23.1 Å². The molecule has 1 aromatic rings. The first-order valence-electron chi connectivity index (χ1n) is 7.05. The highest BCUT2D eigenvalue weighted by Gasteiger charge is 2.22. The Morgan fingerprint density at radius 3 is 2.79 bits per heavy atom. The van der Waals surface area contributed by atoms with Crippen LogP contribution in [-0.2, 0) is 6.42 Å². The SMILES string of the molecule is CCN1CCN(C(=O)c2ccc3c(c2)CCO3)CC1. The van der Waals surface area contributed by atoms with Gasteiger partial charge in [0.25, 0.3) is 5.91 Å². The predicted molar refractivity (Wildman–Crippen MR) is 73.7 cm³/mol. The van der Waals surface area contributed by atoms with E-state index in [2.05, 4.69) is 11.8 Å². The van der Waals surface area contributed by atoms with Crippen molar-refractivity contribution in [2.24, 2.45) is 0 Å². The number of nitrogens with zero attached hydrogens (tertiary/aromatic N) is 2. The van der Waals surface area contributed by atoms with Crippen molar-refractivity contribution >= 4 is 5.91 Å². The molecule has 4 nitrogen and oxygen atoms in total. The minimum absolute atomic E-state index is 0.158. The average Bonchev–Trinajstić information content (AvgIpc) is 2.94. The van der Waals surface area contributed by atoms with E-state index < -0.39 is 0 Å². The molecule has 0 radical (unpaired) electrons. The number of fused-ring (bicyclic) bond motifs is 1. The number of likely N-dealkylation sites (N-methyl/N-ethyl adjacent to an activating group) is 1. The summed E-state index contributed by atoms with van der Waals surface area (Å²) in [6, 6.07) is 5.81. The molecule has 0 saturated carbocycles. The van der Waals surface area contributed by atoms with Crippen molar-refractivity contribution < 1.29 is 9.53 Å². The van der Waals surface area contributed by atoms with Crippen molar-refractivity contribution in [3.8, 4) is 5.75 Å². The van der Waals surface area contributed by atoms with E-state index in [0.717, 1.165) is 62.6 Å². The van der Waals surface area contributed by atoms with Gasteiger partial charge in [0.1, 0.15) is 5.75 Å². The van der Waals surface area contributed by atoms with Crippen molar-refractivity contribution in [2.45, 2.75) is 13.3 Å². The van der Waals surface area contributed by atoms with Crippen LogP contribution in [0.2, 0.25) is 0 Å². The van der Waals surface area contributed by atoms with E-state index in [9.17, 15) is 4.79 Å². The highest BCUT2D eigenvalue weighted by Crippen LogP contribution is 2.26. The molecule has 4 heteroatoms. The van der Waals surface area contributed by atoms with Gasteiger partial charge >= 0.3 is 0 Å². The Labute approximate surface area is 113 Å². The molecular weight excluding hydrogens is 240 g/mol. The van der Waals surface area contributed by atoms with Crippen LogP contribution in [-0.4, -0.2) is 55.0 Å². The summed E-state index contributed by atoms with van der Waals surface area (Å²) in [7, 11) is 0. The van der Waals surface area contributed by atoms with Crippen LogP contribution in [0.5, 0.6) is 5.75 Å². The lowest BCUT2D eigenvalue weighted by Gasteiger charge is -2.34. The van der Waals surface area contributed by atoms with Gasteiger partial charge in [-0.05, 0) is 30.3 Å². The Kier molecular flexibility index (Phi) is 3.42. The Morgan fingerprint density at radius 2 is 2.05 bits per heavy atom. The molecule has 102 valence electrons. The molecule has 0 N–H and O–H groups in total. The number of hydrogen-bond donors (Lipinski definition) is 0. The molecular formula is C15H20N2O2. The largest absolute Gasteiger partial charge is 0.493 e. The van der Waals surface area contributed by atoms with Crippen molar-refractivity contribution in [1.29, 1.82) is 0 Å². The predicted octanol–water partition coefficient (Wildman–Crippen LogP) is 1.40. The molecule has 2 aliphatic heterocycles. The van der Waals surface area contributed by atoms with Crippen molar-refractivity contribution in [3.63, 3.8) is 0 Å². The summed E-state index contributed by atoms with van der Waals surface area (Å²) in [6.07, 6.45) is 0.917. The quantitative estimate of drug-likeness (QED) is 0.806. The minimum atomic E-state index is 0.158. The van der Waals surface area contributed by atoms with Gasteiger partial charge in [0.05, 0.1) is 6.61 Å². The van der Waals surface area contributed by atoms with Gasteiger partial charge in [-0.1, -0.05) is 6.92 Å². The normalized spacial score (nSPS) is 19.1. The first kappa shape index (κ1) is 12.5. The smallest absolute Gasteiger partial charge is 0.253 e. The van der Waals surface area contributed by atoms with Crippen molar-refractivity contribution in [3.05, 3.63) is 29.3 Å². The van der Waals surface area contributed by atoms with Crippen molar-refractivity contribution in [2.75, 3.05) is 39.3 Å². The molecule has 2 heterocycles. The fourth-order valence-electron chi connectivity index (χ4n) is 2.77. The number of carbonyl (C=O) groups is 1. The van der Waals surface area contributed by atoms with Crippen LogP contribution < -0.4 is 4.74 Å². The maximum atomic E-state index is 12.5. The summed E-state index contributed by atoms with van der Waals surface area (Å²) in [5.41, 5.74) is 1.97. The van der Waals surface area contributed by atoms with Gasteiger partial charge in [0, 0.05) is 38.2 Å². The molecule has 1 aromatic carbocycles. The van der Waals surface area contributed by atoms with Gasteiger partial charge in [-0.2, -0.15) is 0 Å². The molecule has 2 aliphatic rings. The minimum Gasteiger partial charge on any atom is -0.493 e. The number of rotatable bonds is 2. The second-order valence-electron chi connectivity index (χ2n) is 5.15. The molecule has 1 amide bonds. The molecule has 0 spiro atoms. The zero-order valence-electron chi connectivity index (χ0n) is 11.4. The molecule has 19 heavy (non-hydrogen) atoms. The Hall–Kier alpha value is -1.55. The first-order valence-corrected chi connectivity index (χ1v) is 7.05. The number of piperazine rings is 1. The fraction of sp³-hybridized carbons (Fsp3) is 0.533. The van der Waals surface area contributed by atoms with Crippen LogP contribution in [0, 0.1) is 0 Å². The molecule has 1 fully saturated rings. The average molecular weight is 260 g/mol. The lowest BCUT2D eigenvalue weighted by Crippen LogP contribution is -2.48. The van der Waals surface area contributed by atoms with E-state index in [4.69, 9.17) is 4.74 Å². The van der Waals surface area contributed by atoms with Crippen molar-refractivity contribution in [1.82, 2.24) is 9.80 Å². The van der Waals surface area contributed by atoms with Crippen LogP contribution in [0.4, 0.5) is 0 Å². The van der Waals surface area contributed by atoms with E-state index in [-0.39, 0.29) is 5.91 Å². The zero-order chi connectivity index (χ0) is 13.2. The highest BCUT2D eigenvalue weighted by atomic mass is 16.5. The Bertz CT molecular complexity index is 479. The summed E-state index contributed by atoms with van der Waals surface area (Å²) in [5.74, 6) is 1.10. The summed E-state index contributed by atoms with van der Waals surface area (Å²) in [4.78, 5) is 16.8. The van der Waals surface area contributed by atoms with Crippen LogP contribution >= 0.6 is 0 Å². The van der Waals surface area contributed by atoms with E-state index in [1.54, 1.807) is 0 Å². The number of hydrogen-bond acceptors (Lipinski definition) is 3. The lowest BCUT2D eigenvalue weighted by atomic mass is 10.1. The van der Waals surface area contributed by atoms with Gasteiger partial charge in [-0.25, -0.2) is 0 Å². The zero-order valence-corrected chi connectivity index (χ0v) is 11.4. The van der Waals surface area contributed by atoms with Gasteiger partial charge in [0.2, 0.25) is 0 Å². The number of carbonyl (C=O) groups excluding carboxylic acids is 1. The van der Waals surface area contributed by atoms with E-state index in [1.165, 1.54) is 0 Å². The molecule has 1 saturated heterocycles. The second kappa shape index (κ2) is 5.21. The maximum Gasteiger partial charge on any atom is 0.253 e. The lowest BCUT2D eigenvalue weighted by molar-refractivity contribution is 0.0643. The molecule has 0 unspecified atom stereocenters. The molecule has 3 rings (SSSR count). The van der Waals surface area contributed by atoms with E-state index >= 15 is 0 Å². The summed E-state index contributed by atoms with van der Waals surface area (Å²) in [5, 5.41) is 0. The molecule has 0 aliphatic carbocycles. The third kappa shape index (κ3) is 2.45. The standard InChI is InChI=1S/C15H20N2O2/c1-2-16-6-8-17(9-7-16)15(18)13-3-4-14-12(11-13)5-10-19-14/h3-4,11H,2,5-10H2,1H3. The van der Waals surface area contributed by atoms with Crippen LogP contribution in [0.1, 0.15) is 22.8 Å². The van der Waals surface area contributed by atoms with Crippen LogP contribution in [0.15, 0.2) is 18.2 Å². The van der Waals surface area contributed by atoms with Gasteiger partial charge in [-0.15, -0.1) is 0 Å². The maximum absolute atomic E-state index is 12.5.